The van der Waals surface area contributed by atoms with Gasteiger partial charge in [0, 0.05) is 5.69 Å². The van der Waals surface area contributed by atoms with E-state index in [1.54, 1.807) is 36.4 Å². The maximum atomic E-state index is 12.4. The van der Waals surface area contributed by atoms with Gasteiger partial charge in [-0.15, -0.1) is 4.40 Å². The van der Waals surface area contributed by atoms with Crippen LogP contribution in [0.5, 0.6) is 5.75 Å². The third kappa shape index (κ3) is 3.63. The van der Waals surface area contributed by atoms with Crippen LogP contribution in [-0.4, -0.2) is 26.8 Å². The molecule has 1 amide bonds. The molecule has 1 aliphatic rings. The summed E-state index contributed by atoms with van der Waals surface area (Å²) in [5.41, 5.74) is 1.71. The quantitative estimate of drug-likeness (QED) is 0.874. The lowest BCUT2D eigenvalue weighted by atomic mass is 10.2. The topological polar surface area (TPSA) is 96.9 Å². The minimum absolute atomic E-state index is 0.0516. The molecule has 0 unspecified atom stereocenters. The molecule has 130 valence electrons. The van der Waals surface area contributed by atoms with Crippen molar-refractivity contribution < 1.29 is 17.9 Å². The predicted octanol–water partition coefficient (Wildman–Crippen LogP) is 2.55. The summed E-state index contributed by atoms with van der Waals surface area (Å²) in [5, 5.41) is 5.39. The van der Waals surface area contributed by atoms with Crippen molar-refractivity contribution in [3.63, 3.8) is 0 Å². The van der Waals surface area contributed by atoms with E-state index in [1.165, 1.54) is 6.07 Å². The standard InChI is InChI=1S/C17H17N3O4S/c1-3-24-13-7-5-12(6-8-13)18-17(21)16-19-14-10-11(2)4-9-15(14)25(22,23)20-16/h4-10H,3H2,1-2H3,(H,18,21)(H,19,20). The first kappa shape index (κ1) is 17.0. The number of hydrogen-bond donors (Lipinski definition) is 2. The molecule has 0 radical (unpaired) electrons. The fraction of sp³-hybridized carbons (Fsp3) is 0.176. The second-order valence-electron chi connectivity index (χ2n) is 5.45. The monoisotopic (exact) mass is 359 g/mol. The van der Waals surface area contributed by atoms with Gasteiger partial charge in [0.25, 0.3) is 15.9 Å². The Kier molecular flexibility index (Phi) is 4.45. The molecule has 8 heteroatoms. The van der Waals surface area contributed by atoms with E-state index in [9.17, 15) is 13.2 Å². The number of rotatable bonds is 4. The zero-order valence-corrected chi connectivity index (χ0v) is 14.6. The van der Waals surface area contributed by atoms with Crippen molar-refractivity contribution >= 4 is 33.1 Å². The van der Waals surface area contributed by atoms with Crippen molar-refractivity contribution in [1.82, 2.24) is 0 Å². The number of fused-ring (bicyclic) bond motifs is 1. The molecule has 0 aromatic heterocycles. The molecule has 25 heavy (non-hydrogen) atoms. The molecule has 0 bridgehead atoms. The zero-order chi connectivity index (χ0) is 18.0. The highest BCUT2D eigenvalue weighted by Crippen LogP contribution is 2.28. The number of amides is 1. The molecule has 1 heterocycles. The molecule has 0 saturated carbocycles. The molecular weight excluding hydrogens is 342 g/mol. The van der Waals surface area contributed by atoms with E-state index in [-0.39, 0.29) is 10.7 Å². The first-order valence-electron chi connectivity index (χ1n) is 7.66. The molecule has 2 aromatic rings. The number of amidine groups is 1. The Bertz CT molecular complexity index is 950. The fourth-order valence-corrected chi connectivity index (χ4v) is 3.47. The second-order valence-corrected chi connectivity index (χ2v) is 7.02. The van der Waals surface area contributed by atoms with Crippen molar-refractivity contribution in [2.45, 2.75) is 18.7 Å². The summed E-state index contributed by atoms with van der Waals surface area (Å²) < 4.78 is 33.4. The Morgan fingerprint density at radius 2 is 1.92 bits per heavy atom. The van der Waals surface area contributed by atoms with Crippen LogP contribution in [0.4, 0.5) is 11.4 Å². The summed E-state index contributed by atoms with van der Waals surface area (Å²) in [4.78, 5) is 12.4. The van der Waals surface area contributed by atoms with E-state index in [0.717, 1.165) is 5.56 Å². The van der Waals surface area contributed by atoms with Crippen LogP contribution >= 0.6 is 0 Å². The maximum Gasteiger partial charge on any atom is 0.292 e. The average molecular weight is 359 g/mol. The molecule has 0 atom stereocenters. The van der Waals surface area contributed by atoms with Crippen molar-refractivity contribution in [1.29, 1.82) is 0 Å². The molecule has 2 N–H and O–H groups in total. The Morgan fingerprint density at radius 1 is 1.20 bits per heavy atom. The van der Waals surface area contributed by atoms with Crippen LogP contribution in [0.25, 0.3) is 0 Å². The van der Waals surface area contributed by atoms with Crippen molar-refractivity contribution in [3.8, 4) is 5.75 Å². The number of nitrogens with zero attached hydrogens (tertiary/aromatic N) is 1. The largest absolute Gasteiger partial charge is 0.494 e. The van der Waals surface area contributed by atoms with Crippen LogP contribution in [0.2, 0.25) is 0 Å². The molecule has 0 saturated heterocycles. The Balaban J connectivity index is 1.82. The van der Waals surface area contributed by atoms with Gasteiger partial charge in [-0.05, 0) is 55.8 Å². The van der Waals surface area contributed by atoms with Crippen molar-refractivity contribution in [2.75, 3.05) is 17.2 Å². The Labute approximate surface area is 145 Å². The van der Waals surface area contributed by atoms with Gasteiger partial charge in [-0.1, -0.05) is 6.07 Å². The minimum atomic E-state index is -3.91. The van der Waals surface area contributed by atoms with Crippen molar-refractivity contribution in [2.24, 2.45) is 4.40 Å². The number of anilines is 2. The number of aryl methyl sites for hydroxylation is 1. The molecule has 0 aliphatic carbocycles. The van der Waals surface area contributed by atoms with Gasteiger partial charge in [-0.3, -0.25) is 4.79 Å². The summed E-state index contributed by atoms with van der Waals surface area (Å²) in [6, 6.07) is 11.6. The maximum absolute atomic E-state index is 12.4. The number of carbonyl (C=O) groups is 1. The third-order valence-corrected chi connectivity index (χ3v) is 4.85. The van der Waals surface area contributed by atoms with Crippen LogP contribution in [0, 0.1) is 6.92 Å². The zero-order valence-electron chi connectivity index (χ0n) is 13.7. The fourth-order valence-electron chi connectivity index (χ4n) is 2.38. The van der Waals surface area contributed by atoms with Gasteiger partial charge in [0.15, 0.2) is 0 Å². The smallest absolute Gasteiger partial charge is 0.292 e. The van der Waals surface area contributed by atoms with Crippen molar-refractivity contribution in [3.05, 3.63) is 48.0 Å². The lowest BCUT2D eigenvalue weighted by Gasteiger charge is -2.18. The highest BCUT2D eigenvalue weighted by molar-refractivity contribution is 7.90. The third-order valence-electron chi connectivity index (χ3n) is 3.52. The minimum Gasteiger partial charge on any atom is -0.494 e. The molecule has 7 nitrogen and oxygen atoms in total. The summed E-state index contributed by atoms with van der Waals surface area (Å²) >= 11 is 0. The molecule has 1 aliphatic heterocycles. The van der Waals surface area contributed by atoms with Gasteiger partial charge in [0.05, 0.1) is 12.3 Å². The van der Waals surface area contributed by atoms with Crippen LogP contribution in [0.1, 0.15) is 12.5 Å². The van der Waals surface area contributed by atoms with Gasteiger partial charge in [0.1, 0.15) is 10.6 Å². The van der Waals surface area contributed by atoms with Crippen LogP contribution < -0.4 is 15.4 Å². The average Bonchev–Trinajstić information content (AvgIpc) is 2.55. The van der Waals surface area contributed by atoms with Crippen LogP contribution in [-0.2, 0) is 14.8 Å². The first-order valence-corrected chi connectivity index (χ1v) is 9.10. The first-order chi connectivity index (χ1) is 11.9. The van der Waals surface area contributed by atoms with Gasteiger partial charge < -0.3 is 15.4 Å². The summed E-state index contributed by atoms with van der Waals surface area (Å²) in [6.07, 6.45) is 0. The number of sulfonamides is 1. The second kappa shape index (κ2) is 6.56. The van der Waals surface area contributed by atoms with E-state index >= 15 is 0 Å². The SMILES string of the molecule is CCOc1ccc(NC(=O)C2=NS(=O)(=O)c3ccc(C)cc3N2)cc1. The van der Waals surface area contributed by atoms with E-state index in [4.69, 9.17) is 4.74 Å². The number of carbonyl (C=O) groups excluding carboxylic acids is 1. The highest BCUT2D eigenvalue weighted by Gasteiger charge is 2.28. The van der Waals surface area contributed by atoms with E-state index < -0.39 is 15.9 Å². The normalized spacial score (nSPS) is 14.7. The van der Waals surface area contributed by atoms with Gasteiger partial charge in [0.2, 0.25) is 5.84 Å². The van der Waals surface area contributed by atoms with Crippen LogP contribution in [0.15, 0.2) is 51.8 Å². The summed E-state index contributed by atoms with van der Waals surface area (Å²) in [6.45, 7) is 4.26. The molecule has 0 fully saturated rings. The molecule has 2 aromatic carbocycles. The number of nitrogens with one attached hydrogen (secondary N) is 2. The Morgan fingerprint density at radius 3 is 2.60 bits per heavy atom. The molecule has 3 rings (SSSR count). The van der Waals surface area contributed by atoms with Gasteiger partial charge in [-0.2, -0.15) is 8.42 Å². The van der Waals surface area contributed by atoms with Gasteiger partial charge >= 0.3 is 0 Å². The number of hydrogen-bond acceptors (Lipinski definition) is 5. The highest BCUT2D eigenvalue weighted by atomic mass is 32.2. The molecule has 0 spiro atoms. The predicted molar refractivity (Wildman–Crippen MR) is 95.7 cm³/mol. The van der Waals surface area contributed by atoms with E-state index in [1.807, 2.05) is 13.8 Å². The molecular formula is C17H17N3O4S. The summed E-state index contributed by atoms with van der Waals surface area (Å²) in [5.74, 6) is -0.229. The van der Waals surface area contributed by atoms with E-state index in [2.05, 4.69) is 15.0 Å². The number of ether oxygens (including phenoxy) is 1. The lowest BCUT2D eigenvalue weighted by Crippen LogP contribution is -2.33. The summed E-state index contributed by atoms with van der Waals surface area (Å²) in [7, 11) is -3.91. The lowest BCUT2D eigenvalue weighted by molar-refractivity contribution is -0.110. The Hall–Kier alpha value is -2.87. The van der Waals surface area contributed by atoms with Gasteiger partial charge in [-0.25, -0.2) is 0 Å². The van der Waals surface area contributed by atoms with Crippen LogP contribution in [0.3, 0.4) is 0 Å². The van der Waals surface area contributed by atoms with E-state index in [0.29, 0.717) is 23.7 Å². The number of benzene rings is 2.